The highest BCUT2D eigenvalue weighted by molar-refractivity contribution is 7.99. The maximum Gasteiger partial charge on any atom is 0.226 e. The second kappa shape index (κ2) is 7.87. The second-order valence-corrected chi connectivity index (χ2v) is 6.02. The average molecular weight is 285 g/mol. The molecule has 2 heterocycles. The van der Waals surface area contributed by atoms with Gasteiger partial charge in [0.2, 0.25) is 11.7 Å². The van der Waals surface area contributed by atoms with E-state index in [0.717, 1.165) is 49.8 Å². The van der Waals surface area contributed by atoms with Crippen molar-refractivity contribution in [3.8, 4) is 0 Å². The molecule has 0 bridgehead atoms. The van der Waals surface area contributed by atoms with Crippen LogP contribution in [-0.2, 0) is 11.2 Å². The molecule has 2 rings (SSSR count). The highest BCUT2D eigenvalue weighted by Gasteiger charge is 2.22. The van der Waals surface area contributed by atoms with E-state index in [0.29, 0.717) is 11.9 Å². The summed E-state index contributed by atoms with van der Waals surface area (Å²) in [7, 11) is 0. The third-order valence-corrected chi connectivity index (χ3v) is 4.12. The molecule has 1 aliphatic rings. The van der Waals surface area contributed by atoms with E-state index in [1.165, 1.54) is 0 Å². The fraction of sp³-hybridized carbons (Fsp3) is 0.846. The Balaban J connectivity index is 1.77. The first-order valence-electron chi connectivity index (χ1n) is 7.04. The van der Waals surface area contributed by atoms with Crippen LogP contribution in [-0.4, -0.2) is 40.8 Å². The molecule has 2 atom stereocenters. The van der Waals surface area contributed by atoms with Gasteiger partial charge in [-0.3, -0.25) is 0 Å². The summed E-state index contributed by atoms with van der Waals surface area (Å²) in [5.74, 6) is 3.41. The zero-order valence-electron chi connectivity index (χ0n) is 11.7. The number of aromatic nitrogens is 2. The summed E-state index contributed by atoms with van der Waals surface area (Å²) in [6.07, 6.45) is 3.00. The molecule has 108 valence electrons. The predicted octanol–water partition coefficient (Wildman–Crippen LogP) is 2.19. The number of rotatable bonds is 7. The van der Waals surface area contributed by atoms with E-state index < -0.39 is 0 Å². The first kappa shape index (κ1) is 14.8. The van der Waals surface area contributed by atoms with Crippen molar-refractivity contribution < 1.29 is 9.26 Å². The highest BCUT2D eigenvalue weighted by Crippen LogP contribution is 2.24. The van der Waals surface area contributed by atoms with Gasteiger partial charge in [-0.2, -0.15) is 16.7 Å². The van der Waals surface area contributed by atoms with Crippen molar-refractivity contribution in [3.05, 3.63) is 11.7 Å². The summed E-state index contributed by atoms with van der Waals surface area (Å²) in [5.41, 5.74) is 0. The van der Waals surface area contributed by atoms with Gasteiger partial charge in [0.1, 0.15) is 6.10 Å². The first-order chi connectivity index (χ1) is 9.29. The average Bonchev–Trinajstić information content (AvgIpc) is 2.93. The van der Waals surface area contributed by atoms with Crippen molar-refractivity contribution in [3.63, 3.8) is 0 Å². The first-order valence-corrected chi connectivity index (χ1v) is 8.20. The van der Waals surface area contributed by atoms with Gasteiger partial charge in [0.25, 0.3) is 0 Å². The smallest absolute Gasteiger partial charge is 0.226 e. The van der Waals surface area contributed by atoms with Crippen molar-refractivity contribution in [2.45, 2.75) is 45.3 Å². The molecule has 0 saturated carbocycles. The largest absolute Gasteiger partial charge is 0.368 e. The maximum atomic E-state index is 5.64. The van der Waals surface area contributed by atoms with Gasteiger partial charge in [0.05, 0.1) is 6.61 Å². The lowest BCUT2D eigenvalue weighted by atomic mass is 10.2. The van der Waals surface area contributed by atoms with E-state index in [9.17, 15) is 0 Å². The van der Waals surface area contributed by atoms with Gasteiger partial charge in [-0.1, -0.05) is 12.1 Å². The molecule has 1 aromatic heterocycles. The summed E-state index contributed by atoms with van der Waals surface area (Å²) in [6, 6.07) is 0.483. The lowest BCUT2D eigenvalue weighted by molar-refractivity contribution is 0.0677. The van der Waals surface area contributed by atoms with Crippen molar-refractivity contribution >= 4 is 11.8 Å². The van der Waals surface area contributed by atoms with Crippen LogP contribution in [0.3, 0.4) is 0 Å². The molecule has 0 spiro atoms. The monoisotopic (exact) mass is 285 g/mol. The summed E-state index contributed by atoms with van der Waals surface area (Å²) in [5, 5.41) is 7.49. The Morgan fingerprint density at radius 2 is 2.42 bits per heavy atom. The highest BCUT2D eigenvalue weighted by atomic mass is 32.2. The third kappa shape index (κ3) is 4.78. The molecule has 5 nitrogen and oxygen atoms in total. The lowest BCUT2D eigenvalue weighted by Gasteiger charge is -2.18. The number of thioether (sulfide) groups is 1. The van der Waals surface area contributed by atoms with Gasteiger partial charge < -0.3 is 14.6 Å². The second-order valence-electron chi connectivity index (χ2n) is 4.87. The summed E-state index contributed by atoms with van der Waals surface area (Å²) >= 11 is 1.88. The minimum absolute atomic E-state index is 0.00638. The maximum absolute atomic E-state index is 5.64. The Kier molecular flexibility index (Phi) is 6.13. The molecule has 19 heavy (non-hydrogen) atoms. The van der Waals surface area contributed by atoms with Gasteiger partial charge in [-0.05, 0) is 26.3 Å². The Labute approximate surface area is 118 Å². The van der Waals surface area contributed by atoms with Crippen molar-refractivity contribution in [1.29, 1.82) is 0 Å². The SMILES string of the molecule is CCCNC(C)CCc1nc(C2CSCCO2)no1. The molecule has 0 radical (unpaired) electrons. The normalized spacial score (nSPS) is 21.5. The molecule has 1 aliphatic heterocycles. The number of hydrogen-bond donors (Lipinski definition) is 1. The van der Waals surface area contributed by atoms with E-state index in [4.69, 9.17) is 9.26 Å². The van der Waals surface area contributed by atoms with Crippen LogP contribution in [0.15, 0.2) is 4.52 Å². The summed E-state index contributed by atoms with van der Waals surface area (Å²) < 4.78 is 10.9. The van der Waals surface area contributed by atoms with E-state index in [1.807, 2.05) is 11.8 Å². The zero-order chi connectivity index (χ0) is 13.5. The van der Waals surface area contributed by atoms with Gasteiger partial charge in [0.15, 0.2) is 0 Å². The van der Waals surface area contributed by atoms with Gasteiger partial charge in [-0.25, -0.2) is 0 Å². The molecule has 1 aromatic rings. The third-order valence-electron chi connectivity index (χ3n) is 3.12. The molecule has 6 heteroatoms. The van der Waals surface area contributed by atoms with Crippen LogP contribution in [0, 0.1) is 0 Å². The van der Waals surface area contributed by atoms with E-state index in [2.05, 4.69) is 29.3 Å². The Morgan fingerprint density at radius 1 is 1.53 bits per heavy atom. The number of nitrogens with one attached hydrogen (secondary N) is 1. The number of nitrogens with zero attached hydrogens (tertiary/aromatic N) is 2. The molecule has 1 saturated heterocycles. The topological polar surface area (TPSA) is 60.2 Å². The number of ether oxygens (including phenoxy) is 1. The van der Waals surface area contributed by atoms with Gasteiger partial charge in [-0.15, -0.1) is 0 Å². The molecule has 2 unspecified atom stereocenters. The zero-order valence-corrected chi connectivity index (χ0v) is 12.5. The van der Waals surface area contributed by atoms with Crippen LogP contribution in [0.25, 0.3) is 0 Å². The minimum Gasteiger partial charge on any atom is -0.368 e. The molecular weight excluding hydrogens is 262 g/mol. The lowest BCUT2D eigenvalue weighted by Crippen LogP contribution is -2.27. The van der Waals surface area contributed by atoms with Crippen LogP contribution in [0.4, 0.5) is 0 Å². The fourth-order valence-corrected chi connectivity index (χ4v) is 2.81. The quantitative estimate of drug-likeness (QED) is 0.828. The molecule has 1 N–H and O–H groups in total. The standard InChI is InChI=1S/C13H23N3O2S/c1-3-6-14-10(2)4-5-12-15-13(16-18-12)11-9-19-8-7-17-11/h10-11,14H,3-9H2,1-2H3. The van der Waals surface area contributed by atoms with Crippen LogP contribution in [0.2, 0.25) is 0 Å². The Morgan fingerprint density at radius 3 is 3.16 bits per heavy atom. The van der Waals surface area contributed by atoms with Crippen LogP contribution < -0.4 is 5.32 Å². The van der Waals surface area contributed by atoms with Crippen LogP contribution in [0.1, 0.15) is 44.5 Å². The van der Waals surface area contributed by atoms with Crippen LogP contribution >= 0.6 is 11.8 Å². The molecular formula is C13H23N3O2S. The van der Waals surface area contributed by atoms with Gasteiger partial charge in [0, 0.05) is 24.0 Å². The fourth-order valence-electron chi connectivity index (χ4n) is 1.97. The van der Waals surface area contributed by atoms with E-state index in [1.54, 1.807) is 0 Å². The van der Waals surface area contributed by atoms with E-state index in [-0.39, 0.29) is 6.10 Å². The van der Waals surface area contributed by atoms with Gasteiger partial charge >= 0.3 is 0 Å². The molecule has 0 amide bonds. The van der Waals surface area contributed by atoms with Crippen LogP contribution in [0.5, 0.6) is 0 Å². The predicted molar refractivity (Wildman–Crippen MR) is 76.4 cm³/mol. The summed E-state index contributed by atoms with van der Waals surface area (Å²) in [6.45, 7) is 6.20. The van der Waals surface area contributed by atoms with Crippen molar-refractivity contribution in [2.75, 3.05) is 24.7 Å². The minimum atomic E-state index is 0.00638. The summed E-state index contributed by atoms with van der Waals surface area (Å²) in [4.78, 5) is 4.44. The number of hydrogen-bond acceptors (Lipinski definition) is 6. The van der Waals surface area contributed by atoms with Crippen molar-refractivity contribution in [1.82, 2.24) is 15.5 Å². The molecule has 0 aliphatic carbocycles. The van der Waals surface area contributed by atoms with Crippen molar-refractivity contribution in [2.24, 2.45) is 0 Å². The Hall–Kier alpha value is -0.590. The molecule has 1 fully saturated rings. The number of aryl methyl sites for hydroxylation is 1. The Bertz CT molecular complexity index is 367. The molecule has 0 aromatic carbocycles. The van der Waals surface area contributed by atoms with E-state index >= 15 is 0 Å².